The molecule has 0 spiro atoms. The highest BCUT2D eigenvalue weighted by molar-refractivity contribution is 6.05. The summed E-state index contributed by atoms with van der Waals surface area (Å²) in [7, 11) is 1.61. The lowest BCUT2D eigenvalue weighted by atomic mass is 9.95. The van der Waals surface area contributed by atoms with Crippen LogP contribution in [0.15, 0.2) is 54.2 Å². The number of ether oxygens (including phenoxy) is 1. The number of methoxy groups -OCH3 is 1. The predicted octanol–water partition coefficient (Wildman–Crippen LogP) is 4.22. The molecule has 3 rings (SSSR count). The second kappa shape index (κ2) is 9.92. The van der Waals surface area contributed by atoms with E-state index in [2.05, 4.69) is 10.6 Å². The SMILES string of the molecule is COc1ccc(C=C(NC(=O)c2ccc(C)cc2)C(=O)NC2CCCCC2)cc1. The van der Waals surface area contributed by atoms with Gasteiger partial charge in [-0.15, -0.1) is 0 Å². The lowest BCUT2D eigenvalue weighted by molar-refractivity contribution is -0.118. The van der Waals surface area contributed by atoms with Crippen LogP contribution in [0, 0.1) is 6.92 Å². The minimum Gasteiger partial charge on any atom is -0.497 e. The van der Waals surface area contributed by atoms with E-state index < -0.39 is 0 Å². The van der Waals surface area contributed by atoms with Gasteiger partial charge in [0.15, 0.2) is 0 Å². The van der Waals surface area contributed by atoms with Gasteiger partial charge in [0.05, 0.1) is 7.11 Å². The van der Waals surface area contributed by atoms with Crippen molar-refractivity contribution in [2.75, 3.05) is 7.11 Å². The van der Waals surface area contributed by atoms with Gasteiger partial charge in [-0.25, -0.2) is 0 Å². The van der Waals surface area contributed by atoms with Crippen LogP contribution in [0.2, 0.25) is 0 Å². The maximum absolute atomic E-state index is 12.9. The van der Waals surface area contributed by atoms with Crippen molar-refractivity contribution in [2.45, 2.75) is 45.1 Å². The van der Waals surface area contributed by atoms with E-state index in [1.807, 2.05) is 43.3 Å². The molecule has 0 aromatic heterocycles. The molecule has 2 aromatic carbocycles. The quantitative estimate of drug-likeness (QED) is 0.723. The number of carbonyl (C=O) groups excluding carboxylic acids is 2. The molecule has 1 saturated carbocycles. The molecule has 0 atom stereocenters. The Balaban J connectivity index is 1.80. The first-order chi connectivity index (χ1) is 14.0. The topological polar surface area (TPSA) is 67.4 Å². The van der Waals surface area contributed by atoms with Crippen LogP contribution in [0.4, 0.5) is 0 Å². The number of carbonyl (C=O) groups is 2. The molecule has 5 nitrogen and oxygen atoms in total. The fourth-order valence-corrected chi connectivity index (χ4v) is 3.43. The molecule has 1 aliphatic carbocycles. The third-order valence-electron chi connectivity index (χ3n) is 5.17. The van der Waals surface area contributed by atoms with Crippen molar-refractivity contribution >= 4 is 17.9 Å². The smallest absolute Gasteiger partial charge is 0.268 e. The van der Waals surface area contributed by atoms with E-state index in [4.69, 9.17) is 4.74 Å². The molecule has 0 unspecified atom stereocenters. The Morgan fingerprint density at radius 3 is 2.24 bits per heavy atom. The highest BCUT2D eigenvalue weighted by Gasteiger charge is 2.20. The van der Waals surface area contributed by atoms with Gasteiger partial charge in [0.25, 0.3) is 11.8 Å². The Morgan fingerprint density at radius 1 is 0.966 bits per heavy atom. The number of benzene rings is 2. The molecule has 1 fully saturated rings. The van der Waals surface area contributed by atoms with Crippen molar-refractivity contribution < 1.29 is 14.3 Å². The summed E-state index contributed by atoms with van der Waals surface area (Å²) in [5.41, 5.74) is 2.64. The molecule has 2 N–H and O–H groups in total. The average molecular weight is 392 g/mol. The first-order valence-corrected chi connectivity index (χ1v) is 10.1. The Bertz CT molecular complexity index is 864. The fraction of sp³-hybridized carbons (Fsp3) is 0.333. The first-order valence-electron chi connectivity index (χ1n) is 10.1. The Kier molecular flexibility index (Phi) is 7.06. The summed E-state index contributed by atoms with van der Waals surface area (Å²) >= 11 is 0. The van der Waals surface area contributed by atoms with Gasteiger partial charge in [0, 0.05) is 11.6 Å². The largest absolute Gasteiger partial charge is 0.497 e. The summed E-state index contributed by atoms with van der Waals surface area (Å²) in [4.78, 5) is 25.6. The van der Waals surface area contributed by atoms with Gasteiger partial charge in [0.2, 0.25) is 0 Å². The van der Waals surface area contributed by atoms with Gasteiger partial charge >= 0.3 is 0 Å². The van der Waals surface area contributed by atoms with Crippen molar-refractivity contribution in [3.8, 4) is 5.75 Å². The molecule has 29 heavy (non-hydrogen) atoms. The Morgan fingerprint density at radius 2 is 1.62 bits per heavy atom. The minimum atomic E-state index is -0.302. The Hall–Kier alpha value is -3.08. The molecule has 0 saturated heterocycles. The van der Waals surface area contributed by atoms with Gasteiger partial charge in [-0.3, -0.25) is 9.59 Å². The summed E-state index contributed by atoms with van der Waals surface area (Å²) in [6.07, 6.45) is 7.12. The number of hydrogen-bond acceptors (Lipinski definition) is 3. The Labute approximate surface area is 172 Å². The zero-order valence-corrected chi connectivity index (χ0v) is 17.0. The lowest BCUT2D eigenvalue weighted by Crippen LogP contribution is -2.41. The van der Waals surface area contributed by atoms with Crippen LogP contribution in [0.1, 0.15) is 53.6 Å². The van der Waals surface area contributed by atoms with Crippen LogP contribution >= 0.6 is 0 Å². The van der Waals surface area contributed by atoms with Gasteiger partial charge in [0.1, 0.15) is 11.4 Å². The number of nitrogens with one attached hydrogen (secondary N) is 2. The highest BCUT2D eigenvalue weighted by Crippen LogP contribution is 2.18. The zero-order chi connectivity index (χ0) is 20.6. The number of hydrogen-bond donors (Lipinski definition) is 2. The van der Waals surface area contributed by atoms with Crippen molar-refractivity contribution in [1.29, 1.82) is 0 Å². The molecule has 0 radical (unpaired) electrons. The summed E-state index contributed by atoms with van der Waals surface area (Å²) < 4.78 is 5.18. The maximum Gasteiger partial charge on any atom is 0.268 e. The number of rotatable bonds is 6. The minimum absolute atomic E-state index is 0.159. The van der Waals surface area contributed by atoms with Gasteiger partial charge in [-0.05, 0) is 55.7 Å². The maximum atomic E-state index is 12.9. The van der Waals surface area contributed by atoms with Gasteiger partial charge in [-0.1, -0.05) is 49.1 Å². The molecule has 152 valence electrons. The second-order valence-electron chi connectivity index (χ2n) is 7.46. The average Bonchev–Trinajstić information content (AvgIpc) is 2.75. The van der Waals surface area contributed by atoms with Crippen LogP contribution in [-0.2, 0) is 4.79 Å². The molecule has 0 bridgehead atoms. The van der Waals surface area contributed by atoms with E-state index >= 15 is 0 Å². The van der Waals surface area contributed by atoms with E-state index in [0.29, 0.717) is 5.56 Å². The van der Waals surface area contributed by atoms with E-state index in [-0.39, 0.29) is 23.6 Å². The normalized spacial score (nSPS) is 14.9. The summed E-state index contributed by atoms with van der Waals surface area (Å²) in [5, 5.41) is 5.88. The zero-order valence-electron chi connectivity index (χ0n) is 17.0. The van der Waals surface area contributed by atoms with Crippen LogP contribution in [-0.4, -0.2) is 25.0 Å². The monoisotopic (exact) mass is 392 g/mol. The van der Waals surface area contributed by atoms with Crippen LogP contribution < -0.4 is 15.4 Å². The molecular formula is C24H28N2O3. The lowest BCUT2D eigenvalue weighted by Gasteiger charge is -2.23. The van der Waals surface area contributed by atoms with Crippen molar-refractivity contribution in [3.63, 3.8) is 0 Å². The van der Waals surface area contributed by atoms with Crippen LogP contribution in [0.3, 0.4) is 0 Å². The van der Waals surface area contributed by atoms with Gasteiger partial charge in [-0.2, -0.15) is 0 Å². The number of aryl methyl sites for hydroxylation is 1. The standard InChI is InChI=1S/C24H28N2O3/c1-17-8-12-19(13-9-17)23(27)26-22(16-18-10-14-21(29-2)15-11-18)24(28)25-20-6-4-3-5-7-20/h8-16,20H,3-7H2,1-2H3,(H,25,28)(H,26,27). The molecule has 0 heterocycles. The molecule has 2 aromatic rings. The molecule has 1 aliphatic rings. The fourth-order valence-electron chi connectivity index (χ4n) is 3.43. The summed E-state index contributed by atoms with van der Waals surface area (Å²) in [5.74, 6) is 0.177. The third kappa shape index (κ3) is 5.95. The predicted molar refractivity (Wildman–Crippen MR) is 115 cm³/mol. The first kappa shape index (κ1) is 20.6. The third-order valence-corrected chi connectivity index (χ3v) is 5.17. The van der Waals surface area contributed by atoms with Crippen molar-refractivity contribution in [2.24, 2.45) is 0 Å². The van der Waals surface area contributed by atoms with E-state index in [1.165, 1.54) is 6.42 Å². The van der Waals surface area contributed by atoms with Crippen LogP contribution in [0.25, 0.3) is 6.08 Å². The molecule has 5 heteroatoms. The van der Waals surface area contributed by atoms with Gasteiger partial charge < -0.3 is 15.4 Å². The summed E-state index contributed by atoms with van der Waals surface area (Å²) in [6, 6.07) is 14.8. The molecular weight excluding hydrogens is 364 g/mol. The van der Waals surface area contributed by atoms with Crippen molar-refractivity contribution in [3.05, 3.63) is 70.9 Å². The van der Waals surface area contributed by atoms with E-state index in [1.54, 1.807) is 25.3 Å². The van der Waals surface area contributed by atoms with Crippen molar-refractivity contribution in [1.82, 2.24) is 10.6 Å². The number of amides is 2. The highest BCUT2D eigenvalue weighted by atomic mass is 16.5. The molecule has 0 aliphatic heterocycles. The van der Waals surface area contributed by atoms with E-state index in [9.17, 15) is 9.59 Å². The summed E-state index contributed by atoms with van der Waals surface area (Å²) in [6.45, 7) is 1.97. The second-order valence-corrected chi connectivity index (χ2v) is 7.46. The van der Waals surface area contributed by atoms with E-state index in [0.717, 1.165) is 42.6 Å². The van der Waals surface area contributed by atoms with Crippen LogP contribution in [0.5, 0.6) is 5.75 Å². The molecule has 2 amide bonds.